The molecule has 0 bridgehead atoms. The van der Waals surface area contributed by atoms with E-state index in [1.807, 2.05) is 12.1 Å². The Bertz CT molecular complexity index is 1710. The topological polar surface area (TPSA) is 114 Å². The lowest BCUT2D eigenvalue weighted by molar-refractivity contribution is -0.118. The van der Waals surface area contributed by atoms with Gasteiger partial charge in [0.05, 0.1) is 43.1 Å². The molecule has 42 heavy (non-hydrogen) atoms. The van der Waals surface area contributed by atoms with Crippen LogP contribution in [0.25, 0.3) is 11.3 Å². The van der Waals surface area contributed by atoms with Gasteiger partial charge >= 0.3 is 0 Å². The highest BCUT2D eigenvalue weighted by Gasteiger charge is 2.35. The first-order valence-electron chi connectivity index (χ1n) is 13.3. The first-order valence-corrected chi connectivity index (χ1v) is 13.7. The van der Waals surface area contributed by atoms with E-state index in [2.05, 4.69) is 10.3 Å². The van der Waals surface area contributed by atoms with Gasteiger partial charge in [0.1, 0.15) is 0 Å². The van der Waals surface area contributed by atoms with E-state index in [1.54, 1.807) is 73.8 Å². The predicted molar refractivity (Wildman–Crippen MR) is 158 cm³/mol. The Balaban J connectivity index is 1.26. The lowest BCUT2D eigenvalue weighted by atomic mass is 10.1. The maximum Gasteiger partial charge on any atom is 0.261 e. The number of rotatable bonds is 8. The van der Waals surface area contributed by atoms with Crippen molar-refractivity contribution in [3.63, 3.8) is 0 Å². The molecule has 0 unspecified atom stereocenters. The Kier molecular flexibility index (Phi) is 7.22. The van der Waals surface area contributed by atoms with Gasteiger partial charge in [-0.15, -0.1) is 0 Å². The molecule has 3 aromatic carbocycles. The molecule has 3 amide bonds. The summed E-state index contributed by atoms with van der Waals surface area (Å²) in [6.07, 6.45) is 2.10. The summed E-state index contributed by atoms with van der Waals surface area (Å²) in [4.78, 5) is 51.2. The number of ether oxygens (including phenoxy) is 2. The number of nitrogens with one attached hydrogen (secondary N) is 1. The molecule has 1 aromatic heterocycles. The van der Waals surface area contributed by atoms with E-state index in [-0.39, 0.29) is 37.2 Å². The molecule has 4 aromatic rings. The van der Waals surface area contributed by atoms with Crippen LogP contribution < -0.4 is 19.7 Å². The number of hydrogen-bond donors (Lipinski definition) is 1. The van der Waals surface area contributed by atoms with Gasteiger partial charge in [0.2, 0.25) is 11.9 Å². The van der Waals surface area contributed by atoms with Gasteiger partial charge in [0, 0.05) is 47.2 Å². The summed E-state index contributed by atoms with van der Waals surface area (Å²) in [6, 6.07) is 17.5. The third-order valence-electron chi connectivity index (χ3n) is 7.29. The Hall–Kier alpha value is -4.96. The Morgan fingerprint density at radius 3 is 2.29 bits per heavy atom. The quantitative estimate of drug-likeness (QED) is 0.284. The van der Waals surface area contributed by atoms with Crippen molar-refractivity contribution in [2.45, 2.75) is 12.8 Å². The molecule has 0 atom stereocenters. The zero-order valence-corrected chi connectivity index (χ0v) is 23.6. The fourth-order valence-electron chi connectivity index (χ4n) is 5.27. The molecular formula is C31H26ClN5O5. The van der Waals surface area contributed by atoms with E-state index >= 15 is 0 Å². The second-order valence-electron chi connectivity index (χ2n) is 9.81. The minimum absolute atomic E-state index is 0.0747. The highest BCUT2D eigenvalue weighted by Crippen LogP contribution is 2.38. The monoisotopic (exact) mass is 583 g/mol. The molecule has 0 radical (unpaired) electrons. The number of carbonyl (C=O) groups is 3. The molecular weight excluding hydrogens is 558 g/mol. The summed E-state index contributed by atoms with van der Waals surface area (Å²) < 4.78 is 10.7. The lowest BCUT2D eigenvalue weighted by Crippen LogP contribution is -2.36. The normalized spacial score (nSPS) is 13.8. The van der Waals surface area contributed by atoms with Gasteiger partial charge in [-0.25, -0.2) is 9.97 Å². The molecule has 10 nitrogen and oxygen atoms in total. The number of fused-ring (bicyclic) bond motifs is 4. The van der Waals surface area contributed by atoms with E-state index in [0.29, 0.717) is 62.6 Å². The van der Waals surface area contributed by atoms with E-state index in [9.17, 15) is 14.4 Å². The van der Waals surface area contributed by atoms with Crippen molar-refractivity contribution in [2.75, 3.05) is 37.5 Å². The highest BCUT2D eigenvalue weighted by atomic mass is 35.5. The lowest BCUT2D eigenvalue weighted by Gasteiger charge is -2.24. The van der Waals surface area contributed by atoms with Crippen LogP contribution in [0.4, 0.5) is 17.3 Å². The van der Waals surface area contributed by atoms with Crippen molar-refractivity contribution in [3.05, 3.63) is 88.6 Å². The third-order valence-corrected chi connectivity index (χ3v) is 7.53. The van der Waals surface area contributed by atoms with Crippen molar-refractivity contribution in [2.24, 2.45) is 0 Å². The number of anilines is 3. The highest BCUT2D eigenvalue weighted by molar-refractivity contribution is 6.31. The molecule has 0 saturated carbocycles. The largest absolute Gasteiger partial charge is 0.493 e. The second-order valence-corrected chi connectivity index (χ2v) is 10.2. The molecule has 1 N–H and O–H groups in total. The number of halogens is 1. The third kappa shape index (κ3) is 4.90. The fraction of sp³-hybridized carbons (Fsp3) is 0.194. The fourth-order valence-corrected chi connectivity index (χ4v) is 5.43. The number of carbonyl (C=O) groups excluding carboxylic acids is 3. The van der Waals surface area contributed by atoms with Crippen LogP contribution in [-0.4, -0.2) is 59.9 Å². The van der Waals surface area contributed by atoms with Crippen LogP contribution in [0, 0.1) is 0 Å². The van der Waals surface area contributed by atoms with Crippen LogP contribution in [0.5, 0.6) is 11.5 Å². The second kappa shape index (κ2) is 11.1. The minimum atomic E-state index is -0.321. The number of benzene rings is 3. The summed E-state index contributed by atoms with van der Waals surface area (Å²) >= 11 is 6.39. The zero-order valence-electron chi connectivity index (χ0n) is 22.9. The van der Waals surface area contributed by atoms with Crippen molar-refractivity contribution in [1.29, 1.82) is 0 Å². The summed E-state index contributed by atoms with van der Waals surface area (Å²) in [7, 11) is 3.13. The molecule has 0 saturated heterocycles. The molecule has 212 valence electrons. The molecule has 6 rings (SSSR count). The predicted octanol–water partition coefficient (Wildman–Crippen LogP) is 5.13. The molecule has 0 spiro atoms. The summed E-state index contributed by atoms with van der Waals surface area (Å²) in [5.41, 5.74) is 4.10. The number of amides is 3. The van der Waals surface area contributed by atoms with Crippen LogP contribution in [0.3, 0.4) is 0 Å². The summed E-state index contributed by atoms with van der Waals surface area (Å²) in [5, 5.41) is 3.66. The Morgan fingerprint density at radius 2 is 1.57 bits per heavy atom. The molecule has 0 fully saturated rings. The Morgan fingerprint density at radius 1 is 0.857 bits per heavy atom. The van der Waals surface area contributed by atoms with E-state index in [1.165, 1.54) is 4.90 Å². The summed E-state index contributed by atoms with van der Waals surface area (Å²) in [5.74, 6) is 0.687. The van der Waals surface area contributed by atoms with E-state index in [0.717, 1.165) is 5.56 Å². The maximum atomic E-state index is 13.5. The summed E-state index contributed by atoms with van der Waals surface area (Å²) in [6.45, 7) is 0.454. The molecule has 11 heteroatoms. The van der Waals surface area contributed by atoms with Gasteiger partial charge < -0.3 is 19.7 Å². The maximum absolute atomic E-state index is 13.5. The Labute approximate surface area is 246 Å². The van der Waals surface area contributed by atoms with Gasteiger partial charge in [0.25, 0.3) is 11.8 Å². The molecule has 3 heterocycles. The van der Waals surface area contributed by atoms with Gasteiger partial charge in [-0.1, -0.05) is 23.7 Å². The first kappa shape index (κ1) is 27.2. The smallest absolute Gasteiger partial charge is 0.261 e. The van der Waals surface area contributed by atoms with Crippen molar-refractivity contribution >= 4 is 46.6 Å². The number of aromatic nitrogens is 2. The first-order chi connectivity index (χ1) is 20.4. The minimum Gasteiger partial charge on any atom is -0.493 e. The SMILES string of the molecule is COc1ccc(Nc2ncc3c(n2)-c2ccc(Cl)cc2N(CCCN2C(=O)c4ccccc4C2=O)C(=O)C3)cc1OC. The van der Waals surface area contributed by atoms with Crippen LogP contribution in [0.2, 0.25) is 5.02 Å². The van der Waals surface area contributed by atoms with Crippen LogP contribution in [0.1, 0.15) is 32.7 Å². The van der Waals surface area contributed by atoms with Gasteiger partial charge in [-0.3, -0.25) is 19.3 Å². The van der Waals surface area contributed by atoms with Gasteiger partial charge in [-0.05, 0) is 48.9 Å². The average molecular weight is 584 g/mol. The van der Waals surface area contributed by atoms with E-state index in [4.69, 9.17) is 26.1 Å². The molecule has 2 aliphatic heterocycles. The van der Waals surface area contributed by atoms with Crippen LogP contribution in [-0.2, 0) is 11.2 Å². The number of imide groups is 1. The van der Waals surface area contributed by atoms with Crippen molar-refractivity contribution in [1.82, 2.24) is 14.9 Å². The number of hydrogen-bond acceptors (Lipinski definition) is 8. The van der Waals surface area contributed by atoms with Crippen LogP contribution >= 0.6 is 11.6 Å². The molecule has 2 aliphatic rings. The zero-order chi connectivity index (χ0) is 29.4. The standard InChI is InChI=1S/C31H26ClN5O5/c1-41-25-11-9-20(16-26(25)42-2)34-31-33-17-18-14-27(38)36(24-15-19(32)8-10-23(24)28(18)35-31)12-5-13-37-29(39)21-6-3-4-7-22(21)30(37)40/h3-4,6-11,15-17H,5,12-14H2,1-2H3,(H,33,34,35). The number of nitrogens with zero attached hydrogens (tertiary/aromatic N) is 4. The van der Waals surface area contributed by atoms with Gasteiger partial charge in [-0.2, -0.15) is 0 Å². The number of methoxy groups -OCH3 is 2. The van der Waals surface area contributed by atoms with Gasteiger partial charge in [0.15, 0.2) is 11.5 Å². The van der Waals surface area contributed by atoms with Crippen molar-refractivity contribution in [3.8, 4) is 22.8 Å². The van der Waals surface area contributed by atoms with Crippen molar-refractivity contribution < 1.29 is 23.9 Å². The van der Waals surface area contributed by atoms with Crippen LogP contribution in [0.15, 0.2) is 66.9 Å². The van der Waals surface area contributed by atoms with E-state index < -0.39 is 0 Å². The molecule has 0 aliphatic carbocycles. The average Bonchev–Trinajstić information content (AvgIpc) is 3.17.